The Labute approximate surface area is 131 Å². The van der Waals surface area contributed by atoms with Gasteiger partial charge in [0.25, 0.3) is 5.91 Å². The zero-order valence-corrected chi connectivity index (χ0v) is 12.8. The Morgan fingerprint density at radius 2 is 1.70 bits per heavy atom. The van der Waals surface area contributed by atoms with Crippen LogP contribution in [0.2, 0.25) is 10.0 Å². The number of hydrogen-bond acceptors (Lipinski definition) is 1. The van der Waals surface area contributed by atoms with Crippen molar-refractivity contribution in [2.45, 2.75) is 0 Å². The summed E-state index contributed by atoms with van der Waals surface area (Å²) in [6, 6.07) is 6.13. The van der Waals surface area contributed by atoms with Crippen LogP contribution in [0, 0.1) is 11.6 Å². The van der Waals surface area contributed by atoms with Crippen LogP contribution in [0.15, 0.2) is 34.8 Å². The third kappa shape index (κ3) is 3.29. The maximum absolute atomic E-state index is 13.3. The molecule has 0 bridgehead atoms. The summed E-state index contributed by atoms with van der Waals surface area (Å²) >= 11 is 14.4. The van der Waals surface area contributed by atoms with Gasteiger partial charge in [-0.25, -0.2) is 8.78 Å². The standard InChI is InChI=1S/C13H6BrCl2F2NO/c14-9-2-1-6(17)3-8(9)13(20)19-7-4-10(15)12(18)11(16)5-7/h1-5H,(H,19,20). The Morgan fingerprint density at radius 1 is 1.10 bits per heavy atom. The van der Waals surface area contributed by atoms with Crippen LogP contribution in [-0.4, -0.2) is 5.91 Å². The molecule has 7 heteroatoms. The van der Waals surface area contributed by atoms with Gasteiger partial charge in [0.05, 0.1) is 15.6 Å². The van der Waals surface area contributed by atoms with E-state index in [1.54, 1.807) is 0 Å². The summed E-state index contributed by atoms with van der Waals surface area (Å²) < 4.78 is 26.8. The molecule has 0 aliphatic rings. The van der Waals surface area contributed by atoms with Crippen LogP contribution in [0.5, 0.6) is 0 Å². The first-order valence-electron chi connectivity index (χ1n) is 5.29. The average molecular weight is 381 g/mol. The number of hydrogen-bond donors (Lipinski definition) is 1. The van der Waals surface area contributed by atoms with E-state index in [0.717, 1.165) is 6.07 Å². The summed E-state index contributed by atoms with van der Waals surface area (Å²) in [5, 5.41) is 2.03. The fourth-order valence-electron chi connectivity index (χ4n) is 1.50. The molecular formula is C13H6BrCl2F2NO. The third-order valence-electron chi connectivity index (χ3n) is 2.41. The molecule has 0 fully saturated rings. The van der Waals surface area contributed by atoms with E-state index >= 15 is 0 Å². The van der Waals surface area contributed by atoms with Gasteiger partial charge in [-0.05, 0) is 46.3 Å². The number of benzene rings is 2. The molecule has 0 saturated heterocycles. The van der Waals surface area contributed by atoms with Gasteiger partial charge in [-0.1, -0.05) is 23.2 Å². The van der Waals surface area contributed by atoms with Gasteiger partial charge >= 0.3 is 0 Å². The van der Waals surface area contributed by atoms with Crippen LogP contribution in [-0.2, 0) is 0 Å². The average Bonchev–Trinajstić information content (AvgIpc) is 2.38. The van der Waals surface area contributed by atoms with Gasteiger partial charge in [0.2, 0.25) is 0 Å². The Kier molecular flexibility index (Phi) is 4.62. The van der Waals surface area contributed by atoms with Gasteiger partial charge in [0, 0.05) is 10.2 Å². The molecule has 0 aliphatic heterocycles. The van der Waals surface area contributed by atoms with E-state index < -0.39 is 17.5 Å². The minimum atomic E-state index is -0.765. The van der Waals surface area contributed by atoms with Gasteiger partial charge < -0.3 is 5.32 Å². The van der Waals surface area contributed by atoms with Gasteiger partial charge in [-0.15, -0.1) is 0 Å². The first kappa shape index (κ1) is 15.2. The lowest BCUT2D eigenvalue weighted by Crippen LogP contribution is -2.13. The molecule has 0 spiro atoms. The molecule has 0 radical (unpaired) electrons. The predicted molar refractivity (Wildman–Crippen MR) is 78.5 cm³/mol. The quantitative estimate of drug-likeness (QED) is 0.705. The summed E-state index contributed by atoms with van der Waals surface area (Å²) in [6.07, 6.45) is 0. The minimum absolute atomic E-state index is 0.0987. The lowest BCUT2D eigenvalue weighted by Gasteiger charge is -2.08. The number of rotatable bonds is 2. The van der Waals surface area contributed by atoms with Crippen molar-refractivity contribution in [3.63, 3.8) is 0 Å². The molecule has 104 valence electrons. The summed E-state index contributed by atoms with van der Waals surface area (Å²) in [4.78, 5) is 12.0. The number of nitrogens with one attached hydrogen (secondary N) is 1. The molecule has 0 aliphatic carbocycles. The number of carbonyl (C=O) groups is 1. The van der Waals surface area contributed by atoms with Crippen molar-refractivity contribution < 1.29 is 13.6 Å². The highest BCUT2D eigenvalue weighted by Gasteiger charge is 2.14. The smallest absolute Gasteiger partial charge is 0.256 e. The van der Waals surface area contributed by atoms with Crippen LogP contribution < -0.4 is 5.32 Å². The Bertz CT molecular complexity index is 671. The van der Waals surface area contributed by atoms with E-state index in [9.17, 15) is 13.6 Å². The SMILES string of the molecule is O=C(Nc1cc(Cl)c(F)c(Cl)c1)c1cc(F)ccc1Br. The monoisotopic (exact) mass is 379 g/mol. The van der Waals surface area contributed by atoms with Crippen molar-refractivity contribution in [1.82, 2.24) is 0 Å². The summed E-state index contributed by atoms with van der Waals surface area (Å²) in [7, 11) is 0. The van der Waals surface area contributed by atoms with Crippen molar-refractivity contribution in [2.24, 2.45) is 0 Å². The van der Waals surface area contributed by atoms with Crippen LogP contribution in [0.4, 0.5) is 14.5 Å². The van der Waals surface area contributed by atoms with E-state index in [-0.39, 0.29) is 21.3 Å². The highest BCUT2D eigenvalue weighted by Crippen LogP contribution is 2.28. The molecule has 0 saturated carbocycles. The molecule has 1 N–H and O–H groups in total. The highest BCUT2D eigenvalue weighted by atomic mass is 79.9. The van der Waals surface area contributed by atoms with Crippen molar-refractivity contribution in [3.8, 4) is 0 Å². The van der Waals surface area contributed by atoms with E-state index in [1.807, 2.05) is 0 Å². The summed E-state index contributed by atoms with van der Waals surface area (Å²) in [5.74, 6) is -1.89. The van der Waals surface area contributed by atoms with Crippen molar-refractivity contribution in [2.75, 3.05) is 5.32 Å². The lowest BCUT2D eigenvalue weighted by atomic mass is 10.2. The summed E-state index contributed by atoms with van der Waals surface area (Å²) in [5.41, 5.74) is 0.309. The third-order valence-corrected chi connectivity index (χ3v) is 3.66. The second-order valence-corrected chi connectivity index (χ2v) is 5.50. The van der Waals surface area contributed by atoms with Crippen LogP contribution in [0.25, 0.3) is 0 Å². The zero-order valence-electron chi connectivity index (χ0n) is 9.68. The van der Waals surface area contributed by atoms with Crippen molar-refractivity contribution in [1.29, 1.82) is 0 Å². The topological polar surface area (TPSA) is 29.1 Å². The van der Waals surface area contributed by atoms with Gasteiger partial charge in [-0.3, -0.25) is 4.79 Å². The van der Waals surface area contributed by atoms with Gasteiger partial charge in [-0.2, -0.15) is 0 Å². The Balaban J connectivity index is 2.30. The second-order valence-electron chi connectivity index (χ2n) is 3.83. The fourth-order valence-corrected chi connectivity index (χ4v) is 2.41. The first-order chi connectivity index (χ1) is 9.38. The van der Waals surface area contributed by atoms with E-state index in [1.165, 1.54) is 24.3 Å². The normalized spacial score (nSPS) is 10.4. The Hall–Kier alpha value is -1.17. The number of halogens is 5. The lowest BCUT2D eigenvalue weighted by molar-refractivity contribution is 0.102. The molecule has 2 nitrogen and oxygen atoms in total. The molecule has 0 aromatic heterocycles. The molecule has 20 heavy (non-hydrogen) atoms. The molecule has 2 aromatic rings. The van der Waals surface area contributed by atoms with E-state index in [2.05, 4.69) is 21.2 Å². The number of amides is 1. The minimum Gasteiger partial charge on any atom is -0.322 e. The highest BCUT2D eigenvalue weighted by molar-refractivity contribution is 9.10. The fraction of sp³-hybridized carbons (Fsp3) is 0. The molecular weight excluding hydrogens is 375 g/mol. The van der Waals surface area contributed by atoms with Crippen LogP contribution in [0.3, 0.4) is 0 Å². The predicted octanol–water partition coefficient (Wildman–Crippen LogP) is 5.29. The molecule has 0 heterocycles. The van der Waals surface area contributed by atoms with Crippen molar-refractivity contribution >= 4 is 50.7 Å². The first-order valence-corrected chi connectivity index (χ1v) is 6.84. The Morgan fingerprint density at radius 3 is 2.30 bits per heavy atom. The zero-order chi connectivity index (χ0) is 14.9. The van der Waals surface area contributed by atoms with Gasteiger partial charge in [0.1, 0.15) is 5.82 Å². The van der Waals surface area contributed by atoms with E-state index in [4.69, 9.17) is 23.2 Å². The van der Waals surface area contributed by atoms with Gasteiger partial charge in [0.15, 0.2) is 5.82 Å². The van der Waals surface area contributed by atoms with Crippen LogP contribution >= 0.6 is 39.1 Å². The van der Waals surface area contributed by atoms with Crippen molar-refractivity contribution in [3.05, 3.63) is 62.0 Å². The van der Waals surface area contributed by atoms with Crippen LogP contribution in [0.1, 0.15) is 10.4 Å². The van der Waals surface area contributed by atoms with E-state index in [0.29, 0.717) is 4.47 Å². The molecule has 0 atom stereocenters. The maximum atomic E-state index is 13.3. The largest absolute Gasteiger partial charge is 0.322 e. The molecule has 1 amide bonds. The number of carbonyl (C=O) groups excluding carboxylic acids is 1. The molecule has 0 unspecified atom stereocenters. The molecule has 2 aromatic carbocycles. The molecule has 2 rings (SSSR count). The number of anilines is 1. The maximum Gasteiger partial charge on any atom is 0.256 e. The summed E-state index contributed by atoms with van der Waals surface area (Å²) in [6.45, 7) is 0. The second kappa shape index (κ2) is 6.08.